The minimum atomic E-state index is -1.64. The number of nitrogens with two attached hydrogens (primary N) is 1. The molecule has 0 aliphatic heterocycles. The average Bonchev–Trinajstić information content (AvgIpc) is 2.82. The lowest BCUT2D eigenvalue weighted by molar-refractivity contribution is 0.102. The van der Waals surface area contributed by atoms with Gasteiger partial charge in [0.1, 0.15) is 5.67 Å². The molecule has 4 N–H and O–H groups in total. The van der Waals surface area contributed by atoms with Gasteiger partial charge in [0, 0.05) is 30.1 Å². The highest BCUT2D eigenvalue weighted by Crippen LogP contribution is 2.25. The standard InChI is InChI=1S/C28H39FN4O2/c1-6-20(8-7-12-30)14-21(18-35-5)15-25(31)24-17-23(10-9-19(24)2)33-27(34)22-11-13-32-26(16-22)28(3,4)29/h9-11,13,15-17,20,31H,6-8,12,14,18,30H2,1-5H3,(H,33,34)/b21-15-,31-25?. The Kier molecular flexibility index (Phi) is 10.7. The van der Waals surface area contributed by atoms with Crippen LogP contribution in [0.15, 0.2) is 48.2 Å². The fourth-order valence-corrected chi connectivity index (χ4v) is 3.94. The van der Waals surface area contributed by atoms with Gasteiger partial charge in [-0.15, -0.1) is 0 Å². The SMILES string of the molecule is CCC(CCCN)C/C(=C/C(=N)c1cc(NC(=O)c2ccnc(C(C)(C)F)c2)ccc1C)COC. The monoisotopic (exact) mass is 482 g/mol. The van der Waals surface area contributed by atoms with E-state index in [-0.39, 0.29) is 11.6 Å². The number of methoxy groups -OCH3 is 1. The normalized spacial score (nSPS) is 12.9. The average molecular weight is 483 g/mol. The molecule has 0 saturated heterocycles. The van der Waals surface area contributed by atoms with Crippen LogP contribution in [0.1, 0.15) is 73.6 Å². The molecule has 1 unspecified atom stereocenters. The summed E-state index contributed by atoms with van der Waals surface area (Å²) < 4.78 is 19.7. The van der Waals surface area contributed by atoms with Crippen molar-refractivity contribution in [1.82, 2.24) is 4.98 Å². The minimum absolute atomic E-state index is 0.198. The number of amides is 1. The largest absolute Gasteiger partial charge is 0.380 e. The maximum Gasteiger partial charge on any atom is 0.255 e. The Bertz CT molecular complexity index is 1040. The lowest BCUT2D eigenvalue weighted by Gasteiger charge is -2.17. The third-order valence-electron chi connectivity index (χ3n) is 6.04. The van der Waals surface area contributed by atoms with E-state index in [0.717, 1.165) is 42.4 Å². The molecule has 0 bridgehead atoms. The Hall–Kier alpha value is -2.90. The van der Waals surface area contributed by atoms with Crippen molar-refractivity contribution in [2.24, 2.45) is 11.7 Å². The van der Waals surface area contributed by atoms with Gasteiger partial charge in [0.05, 0.1) is 18.0 Å². The molecule has 6 nitrogen and oxygen atoms in total. The summed E-state index contributed by atoms with van der Waals surface area (Å²) in [7, 11) is 1.66. The summed E-state index contributed by atoms with van der Waals surface area (Å²) >= 11 is 0. The second kappa shape index (κ2) is 13.3. The summed E-state index contributed by atoms with van der Waals surface area (Å²) in [5.74, 6) is 0.138. The highest BCUT2D eigenvalue weighted by Gasteiger charge is 2.22. The molecule has 2 aromatic rings. The second-order valence-corrected chi connectivity index (χ2v) is 9.44. The molecule has 1 aromatic carbocycles. The lowest BCUT2D eigenvalue weighted by atomic mass is 9.91. The highest BCUT2D eigenvalue weighted by atomic mass is 19.1. The van der Waals surface area contributed by atoms with E-state index < -0.39 is 5.67 Å². The topological polar surface area (TPSA) is 101 Å². The number of hydrogen-bond acceptors (Lipinski definition) is 5. The molecule has 0 aliphatic carbocycles. The number of aryl methyl sites for hydroxylation is 1. The Labute approximate surface area is 208 Å². The Morgan fingerprint density at radius 1 is 1.31 bits per heavy atom. The summed E-state index contributed by atoms with van der Waals surface area (Å²) in [6.07, 6.45) is 7.25. The van der Waals surface area contributed by atoms with Gasteiger partial charge in [-0.05, 0) is 94.0 Å². The Morgan fingerprint density at radius 3 is 2.69 bits per heavy atom. The molecule has 0 spiro atoms. The Morgan fingerprint density at radius 2 is 2.06 bits per heavy atom. The van der Waals surface area contributed by atoms with Crippen LogP contribution in [0.3, 0.4) is 0 Å². The number of pyridine rings is 1. The first-order valence-electron chi connectivity index (χ1n) is 12.1. The van der Waals surface area contributed by atoms with Crippen LogP contribution in [0.4, 0.5) is 10.1 Å². The smallest absolute Gasteiger partial charge is 0.255 e. The molecule has 2 rings (SSSR count). The minimum Gasteiger partial charge on any atom is -0.380 e. The number of benzene rings is 1. The van der Waals surface area contributed by atoms with Crippen molar-refractivity contribution < 1.29 is 13.9 Å². The lowest BCUT2D eigenvalue weighted by Crippen LogP contribution is -2.16. The number of alkyl halides is 1. The number of nitrogens with zero attached hydrogens (tertiary/aromatic N) is 1. The number of nitrogens with one attached hydrogen (secondary N) is 2. The van der Waals surface area contributed by atoms with Crippen molar-refractivity contribution in [3.8, 4) is 0 Å². The number of ether oxygens (including phenoxy) is 1. The number of hydrogen-bond donors (Lipinski definition) is 3. The molecule has 0 fully saturated rings. The van der Waals surface area contributed by atoms with Crippen molar-refractivity contribution in [2.45, 2.75) is 59.0 Å². The first-order valence-corrected chi connectivity index (χ1v) is 12.1. The van der Waals surface area contributed by atoms with E-state index in [1.165, 1.54) is 26.1 Å². The molecular formula is C28H39FN4O2. The van der Waals surface area contributed by atoms with E-state index in [2.05, 4.69) is 17.2 Å². The van der Waals surface area contributed by atoms with Crippen LogP contribution in [0.5, 0.6) is 0 Å². The molecule has 0 aliphatic rings. The number of carbonyl (C=O) groups excluding carboxylic acids is 1. The molecule has 0 saturated carbocycles. The van der Waals surface area contributed by atoms with Gasteiger partial charge in [0.2, 0.25) is 0 Å². The molecular weight excluding hydrogens is 443 g/mol. The van der Waals surface area contributed by atoms with Crippen LogP contribution in [0, 0.1) is 18.3 Å². The predicted molar refractivity (Wildman–Crippen MR) is 141 cm³/mol. The quantitative estimate of drug-likeness (QED) is 0.307. The van der Waals surface area contributed by atoms with Crippen LogP contribution in [-0.4, -0.2) is 36.9 Å². The maximum atomic E-state index is 14.3. The number of anilines is 1. The highest BCUT2D eigenvalue weighted by molar-refractivity contribution is 6.09. The molecule has 35 heavy (non-hydrogen) atoms. The van der Waals surface area contributed by atoms with E-state index in [9.17, 15) is 9.18 Å². The predicted octanol–water partition coefficient (Wildman–Crippen LogP) is 5.94. The number of carbonyl (C=O) groups is 1. The van der Waals surface area contributed by atoms with Gasteiger partial charge >= 0.3 is 0 Å². The van der Waals surface area contributed by atoms with Gasteiger partial charge in [-0.3, -0.25) is 9.78 Å². The first kappa shape index (κ1) is 28.3. The van der Waals surface area contributed by atoms with Crippen LogP contribution in [0.2, 0.25) is 0 Å². The number of aromatic nitrogens is 1. The number of allylic oxidation sites excluding steroid dienone is 1. The number of halogens is 1. The molecule has 190 valence electrons. The fraction of sp³-hybridized carbons (Fsp3) is 0.464. The number of rotatable bonds is 13. The molecule has 7 heteroatoms. The molecule has 1 aromatic heterocycles. The summed E-state index contributed by atoms with van der Waals surface area (Å²) in [4.78, 5) is 16.8. The Balaban J connectivity index is 2.24. The first-order chi connectivity index (χ1) is 16.6. The van der Waals surface area contributed by atoms with Gasteiger partial charge in [-0.25, -0.2) is 4.39 Å². The zero-order valence-electron chi connectivity index (χ0n) is 21.6. The summed E-state index contributed by atoms with van der Waals surface area (Å²) in [6.45, 7) is 8.07. The van der Waals surface area contributed by atoms with E-state index in [4.69, 9.17) is 15.9 Å². The van der Waals surface area contributed by atoms with Crippen molar-refractivity contribution >= 4 is 17.3 Å². The zero-order chi connectivity index (χ0) is 26.0. The molecule has 0 radical (unpaired) electrons. The third-order valence-corrected chi connectivity index (χ3v) is 6.04. The van der Waals surface area contributed by atoms with Crippen molar-refractivity contribution in [3.05, 3.63) is 70.6 Å². The van der Waals surface area contributed by atoms with Crippen LogP contribution < -0.4 is 11.1 Å². The van der Waals surface area contributed by atoms with Gasteiger partial charge in [0.25, 0.3) is 5.91 Å². The summed E-state index contributed by atoms with van der Waals surface area (Å²) in [6, 6.07) is 8.48. The van der Waals surface area contributed by atoms with Crippen molar-refractivity contribution in [1.29, 1.82) is 5.41 Å². The van der Waals surface area contributed by atoms with Crippen LogP contribution in [-0.2, 0) is 10.4 Å². The van der Waals surface area contributed by atoms with Crippen LogP contribution >= 0.6 is 0 Å². The van der Waals surface area contributed by atoms with Crippen molar-refractivity contribution in [3.63, 3.8) is 0 Å². The fourth-order valence-electron chi connectivity index (χ4n) is 3.94. The maximum absolute atomic E-state index is 14.3. The molecule has 1 heterocycles. The van der Waals surface area contributed by atoms with E-state index in [1.54, 1.807) is 25.3 Å². The van der Waals surface area contributed by atoms with E-state index >= 15 is 0 Å². The van der Waals surface area contributed by atoms with Gasteiger partial charge < -0.3 is 21.2 Å². The summed E-state index contributed by atoms with van der Waals surface area (Å²) in [5, 5.41) is 11.6. The van der Waals surface area contributed by atoms with E-state index in [0.29, 0.717) is 36.0 Å². The molecule has 1 atom stereocenters. The third kappa shape index (κ3) is 8.67. The second-order valence-electron chi connectivity index (χ2n) is 9.44. The van der Waals surface area contributed by atoms with E-state index in [1.807, 2.05) is 19.1 Å². The van der Waals surface area contributed by atoms with Gasteiger partial charge in [-0.1, -0.05) is 19.4 Å². The van der Waals surface area contributed by atoms with Gasteiger partial charge in [0.15, 0.2) is 0 Å². The summed E-state index contributed by atoms with van der Waals surface area (Å²) in [5.41, 5.74) is 8.21. The van der Waals surface area contributed by atoms with Crippen LogP contribution in [0.25, 0.3) is 0 Å². The van der Waals surface area contributed by atoms with Crippen molar-refractivity contribution in [2.75, 3.05) is 25.6 Å². The van der Waals surface area contributed by atoms with Gasteiger partial charge in [-0.2, -0.15) is 0 Å². The zero-order valence-corrected chi connectivity index (χ0v) is 21.6. The molecule has 1 amide bonds.